The van der Waals surface area contributed by atoms with Crippen LogP contribution in [0.15, 0.2) is 59.4 Å². The minimum Gasteiger partial charge on any atom is -0.358 e. The van der Waals surface area contributed by atoms with Crippen LogP contribution in [0.4, 0.5) is 3.89 Å². The van der Waals surface area contributed by atoms with Crippen molar-refractivity contribution in [1.82, 2.24) is 14.9 Å². The van der Waals surface area contributed by atoms with Crippen molar-refractivity contribution in [3.63, 3.8) is 0 Å². The number of rotatable bonds is 5. The summed E-state index contributed by atoms with van der Waals surface area (Å²) in [5.41, 5.74) is 4.84. The molecule has 0 unspecified atom stereocenters. The third-order valence-electron chi connectivity index (χ3n) is 6.95. The summed E-state index contributed by atoms with van der Waals surface area (Å²) in [7, 11) is -5.16. The van der Waals surface area contributed by atoms with Gasteiger partial charge in [-0.3, -0.25) is 4.79 Å². The van der Waals surface area contributed by atoms with Gasteiger partial charge in [-0.05, 0) is 59.5 Å². The van der Waals surface area contributed by atoms with E-state index in [4.69, 9.17) is 0 Å². The molecule has 1 aliphatic heterocycles. The van der Waals surface area contributed by atoms with Crippen LogP contribution in [0.25, 0.3) is 44.0 Å². The van der Waals surface area contributed by atoms with Crippen molar-refractivity contribution < 1.29 is 16.5 Å². The molecule has 3 heterocycles. The molecule has 0 atom stereocenters. The maximum Gasteiger partial charge on any atom is 0.488 e. The summed E-state index contributed by atoms with van der Waals surface area (Å²) in [4.78, 5) is 17.3. The third-order valence-corrected chi connectivity index (χ3v) is 7.34. The first-order valence-electron chi connectivity index (χ1n) is 11.8. The molecule has 10 heteroatoms. The molecule has 1 saturated heterocycles. The van der Waals surface area contributed by atoms with Crippen LogP contribution in [0.3, 0.4) is 0 Å². The standard InChI is InChI=1S/C27H21FN4O4S/c1-2-16-10-22-24(11-21(16)17-4-3-5-19(9-17)36-37(28,34)35)32(18-13-30-14-18)27-25(26(22)33)20-7-6-15(12-29)8-23(20)31-27/h3-11,18,30-31H,2,13-14H2,1H3. The van der Waals surface area contributed by atoms with Crippen molar-refractivity contribution in [2.45, 2.75) is 19.4 Å². The fourth-order valence-corrected chi connectivity index (χ4v) is 5.49. The minimum atomic E-state index is -5.16. The van der Waals surface area contributed by atoms with Gasteiger partial charge in [0.2, 0.25) is 0 Å². The lowest BCUT2D eigenvalue weighted by Crippen LogP contribution is -2.44. The van der Waals surface area contributed by atoms with E-state index in [0.717, 1.165) is 40.6 Å². The Bertz CT molecular complexity index is 1950. The predicted molar refractivity (Wildman–Crippen MR) is 140 cm³/mol. The highest BCUT2D eigenvalue weighted by atomic mass is 32.3. The molecule has 186 valence electrons. The van der Waals surface area contributed by atoms with Crippen LogP contribution in [0.1, 0.15) is 24.1 Å². The van der Waals surface area contributed by atoms with E-state index >= 15 is 0 Å². The van der Waals surface area contributed by atoms with Crippen LogP contribution < -0.4 is 14.9 Å². The van der Waals surface area contributed by atoms with Gasteiger partial charge in [-0.2, -0.15) is 13.7 Å². The van der Waals surface area contributed by atoms with Gasteiger partial charge in [-0.25, -0.2) is 0 Å². The summed E-state index contributed by atoms with van der Waals surface area (Å²) in [6.45, 7) is 3.43. The Morgan fingerprint density at radius 2 is 1.95 bits per heavy atom. The number of aromatic amines is 1. The van der Waals surface area contributed by atoms with Crippen molar-refractivity contribution in [2.75, 3.05) is 13.1 Å². The lowest BCUT2D eigenvalue weighted by Gasteiger charge is -2.32. The summed E-state index contributed by atoms with van der Waals surface area (Å²) >= 11 is 0. The van der Waals surface area contributed by atoms with E-state index in [-0.39, 0.29) is 17.2 Å². The molecule has 1 aliphatic rings. The average molecular weight is 517 g/mol. The molecule has 3 aromatic carbocycles. The molecular formula is C27H21FN4O4S. The van der Waals surface area contributed by atoms with Gasteiger partial charge in [0.05, 0.1) is 28.6 Å². The van der Waals surface area contributed by atoms with E-state index in [1.54, 1.807) is 24.3 Å². The minimum absolute atomic E-state index is 0.0979. The lowest BCUT2D eigenvalue weighted by atomic mass is 9.94. The Kier molecular flexibility index (Phi) is 5.29. The molecule has 5 aromatic rings. The molecule has 8 nitrogen and oxygen atoms in total. The molecule has 0 radical (unpaired) electrons. The number of H-pyrrole nitrogens is 1. The van der Waals surface area contributed by atoms with E-state index < -0.39 is 10.5 Å². The number of hydrogen-bond donors (Lipinski definition) is 2. The molecule has 1 fully saturated rings. The molecule has 0 spiro atoms. The Morgan fingerprint density at radius 3 is 2.62 bits per heavy atom. The molecule has 2 N–H and O–H groups in total. The fourth-order valence-electron chi connectivity index (χ4n) is 5.16. The van der Waals surface area contributed by atoms with Crippen LogP contribution in [-0.4, -0.2) is 31.1 Å². The van der Waals surface area contributed by atoms with Crippen molar-refractivity contribution >= 4 is 43.3 Å². The smallest absolute Gasteiger partial charge is 0.358 e. The zero-order valence-corrected chi connectivity index (χ0v) is 20.5. The van der Waals surface area contributed by atoms with Crippen LogP contribution in [0.2, 0.25) is 0 Å². The van der Waals surface area contributed by atoms with Gasteiger partial charge >= 0.3 is 10.5 Å². The molecule has 2 aromatic heterocycles. The highest BCUT2D eigenvalue weighted by Gasteiger charge is 2.26. The van der Waals surface area contributed by atoms with Crippen molar-refractivity contribution in [3.05, 3.63) is 75.9 Å². The van der Waals surface area contributed by atoms with Crippen LogP contribution in [0.5, 0.6) is 5.75 Å². The number of pyridine rings is 1. The lowest BCUT2D eigenvalue weighted by molar-refractivity contribution is 0.357. The Morgan fingerprint density at radius 1 is 1.14 bits per heavy atom. The maximum atomic E-state index is 13.9. The zero-order chi connectivity index (χ0) is 25.9. The molecule has 0 bridgehead atoms. The number of nitriles is 1. The summed E-state index contributed by atoms with van der Waals surface area (Å²) in [6.07, 6.45) is 0.611. The first kappa shape index (κ1) is 23.2. The van der Waals surface area contributed by atoms with Crippen molar-refractivity contribution in [1.29, 1.82) is 5.26 Å². The summed E-state index contributed by atoms with van der Waals surface area (Å²) in [5, 5.41) is 14.6. The largest absolute Gasteiger partial charge is 0.488 e. The Balaban J connectivity index is 1.68. The van der Waals surface area contributed by atoms with Gasteiger partial charge in [0.1, 0.15) is 11.4 Å². The first-order valence-corrected chi connectivity index (χ1v) is 13.1. The molecule has 0 amide bonds. The molecule has 6 rings (SSSR count). The quantitative estimate of drug-likeness (QED) is 0.333. The number of fused-ring (bicyclic) bond motifs is 4. The van der Waals surface area contributed by atoms with Gasteiger partial charge in [-0.1, -0.05) is 29.0 Å². The normalized spacial score (nSPS) is 14.2. The number of aryl methyl sites for hydroxylation is 1. The van der Waals surface area contributed by atoms with E-state index in [0.29, 0.717) is 34.0 Å². The van der Waals surface area contributed by atoms with Gasteiger partial charge < -0.3 is 19.1 Å². The molecule has 0 aliphatic carbocycles. The summed E-state index contributed by atoms with van der Waals surface area (Å²) in [6, 6.07) is 17.5. The second kappa shape index (κ2) is 8.44. The van der Waals surface area contributed by atoms with E-state index in [1.165, 1.54) is 12.1 Å². The maximum absolute atomic E-state index is 13.9. The third kappa shape index (κ3) is 3.84. The number of hydrogen-bond acceptors (Lipinski definition) is 6. The Hall–Kier alpha value is -4.20. The van der Waals surface area contributed by atoms with Crippen molar-refractivity contribution in [2.24, 2.45) is 0 Å². The predicted octanol–water partition coefficient (Wildman–Crippen LogP) is 4.47. The molecular weight excluding hydrogens is 495 g/mol. The van der Waals surface area contributed by atoms with Crippen molar-refractivity contribution in [3.8, 4) is 22.9 Å². The number of nitrogens with one attached hydrogen (secondary N) is 2. The van der Waals surface area contributed by atoms with Crippen LogP contribution in [-0.2, 0) is 16.9 Å². The summed E-state index contributed by atoms with van der Waals surface area (Å²) in [5.74, 6) is -0.137. The van der Waals surface area contributed by atoms with Crippen LogP contribution in [0, 0.1) is 11.3 Å². The van der Waals surface area contributed by atoms with E-state index in [1.807, 2.05) is 25.1 Å². The van der Waals surface area contributed by atoms with Gasteiger partial charge in [0.25, 0.3) is 0 Å². The average Bonchev–Trinajstić information content (AvgIpc) is 3.22. The molecule has 0 saturated carbocycles. The zero-order valence-electron chi connectivity index (χ0n) is 19.7. The van der Waals surface area contributed by atoms with E-state index in [9.17, 15) is 22.4 Å². The summed E-state index contributed by atoms with van der Waals surface area (Å²) < 4.78 is 41.8. The number of benzene rings is 3. The van der Waals surface area contributed by atoms with E-state index in [2.05, 4.69) is 25.1 Å². The topological polar surface area (TPSA) is 117 Å². The second-order valence-electron chi connectivity index (χ2n) is 9.12. The second-order valence-corrected chi connectivity index (χ2v) is 10.1. The van der Waals surface area contributed by atoms with Gasteiger partial charge in [0.15, 0.2) is 5.43 Å². The highest BCUT2D eigenvalue weighted by molar-refractivity contribution is 7.81. The van der Waals surface area contributed by atoms with Gasteiger partial charge in [0, 0.05) is 29.4 Å². The molecule has 37 heavy (non-hydrogen) atoms. The van der Waals surface area contributed by atoms with Gasteiger partial charge in [-0.15, -0.1) is 0 Å². The monoisotopic (exact) mass is 516 g/mol. The number of aromatic nitrogens is 2. The number of halogens is 1. The SMILES string of the molecule is CCc1cc2c(=O)c3c4ccc(C#N)cc4[nH]c3n(C3CNC3)c2cc1-c1cccc(OS(=O)(=O)F)c1. The highest BCUT2D eigenvalue weighted by Crippen LogP contribution is 2.35. The Labute approximate surface area is 211 Å². The first-order chi connectivity index (χ1) is 17.8. The number of nitrogens with zero attached hydrogens (tertiary/aromatic N) is 2. The van der Waals surface area contributed by atoms with Crippen LogP contribution >= 0.6 is 0 Å². The fraction of sp³-hybridized carbons (Fsp3) is 0.185.